The Balaban J connectivity index is 3.27. The summed E-state index contributed by atoms with van der Waals surface area (Å²) >= 11 is 0. The van der Waals surface area contributed by atoms with E-state index in [-0.39, 0.29) is 114 Å². The number of likely N-dealkylation sites (tertiary alicyclic amines) is 1. The number of carboxylic acids is 1. The van der Waals surface area contributed by atoms with Gasteiger partial charge in [-0.25, -0.2) is 4.79 Å². The number of carboxylic acid groups (broad SMARTS) is 1. The number of rotatable bonds is 36. The molecule has 1 aliphatic rings. The van der Waals surface area contributed by atoms with Gasteiger partial charge in [-0.15, -0.1) is 0 Å². The van der Waals surface area contributed by atoms with E-state index in [1.54, 1.807) is 27.7 Å². The maximum absolute atomic E-state index is 14.2. The normalized spacial score (nSPS) is 15.5. The Labute approximate surface area is 432 Å². The van der Waals surface area contributed by atoms with Crippen molar-refractivity contribution in [1.29, 1.82) is 0 Å². The summed E-state index contributed by atoms with van der Waals surface area (Å²) in [7, 11) is 0. The number of guanidine groups is 3. The molecule has 74 heavy (non-hydrogen) atoms. The van der Waals surface area contributed by atoms with Crippen LogP contribution in [0.3, 0.4) is 0 Å². The fourth-order valence-electron chi connectivity index (χ4n) is 7.74. The summed E-state index contributed by atoms with van der Waals surface area (Å²) in [5.41, 5.74) is 44.2. The van der Waals surface area contributed by atoms with E-state index in [2.05, 4.69) is 52.2 Å². The molecule has 0 aromatic carbocycles. The summed E-state index contributed by atoms with van der Waals surface area (Å²) in [5.74, 6) is -7.74. The van der Waals surface area contributed by atoms with Crippen molar-refractivity contribution in [3.8, 4) is 0 Å². The summed E-state index contributed by atoms with van der Waals surface area (Å²) in [6.07, 6.45) is 3.17. The minimum Gasteiger partial charge on any atom is -0.480 e. The zero-order chi connectivity index (χ0) is 55.9. The van der Waals surface area contributed by atoms with Gasteiger partial charge in [0, 0.05) is 26.2 Å². The molecule has 0 spiro atoms. The molecule has 0 aliphatic carbocycles. The van der Waals surface area contributed by atoms with E-state index in [0.717, 1.165) is 0 Å². The van der Waals surface area contributed by atoms with E-state index < -0.39 is 109 Å². The summed E-state index contributed by atoms with van der Waals surface area (Å²) in [6.45, 7) is 6.90. The van der Waals surface area contributed by atoms with Gasteiger partial charge < -0.3 is 93.1 Å². The second-order valence-electron chi connectivity index (χ2n) is 18.9. The van der Waals surface area contributed by atoms with Crippen molar-refractivity contribution in [2.24, 2.45) is 72.7 Å². The third kappa shape index (κ3) is 27.1. The zero-order valence-electron chi connectivity index (χ0n) is 43.4. The second-order valence-corrected chi connectivity index (χ2v) is 18.9. The molecule has 420 valence electrons. The number of aliphatic imine (C=N–C) groups is 3. The summed E-state index contributed by atoms with van der Waals surface area (Å²) < 4.78 is 0. The number of carbonyl (C=O) groups excluding carboxylic acids is 8. The first-order chi connectivity index (χ1) is 34.9. The number of hydrogen-bond donors (Lipinski definition) is 16. The highest BCUT2D eigenvalue weighted by molar-refractivity contribution is 5.97. The molecule has 24 N–H and O–H groups in total. The van der Waals surface area contributed by atoms with Gasteiger partial charge in [-0.1, -0.05) is 34.1 Å². The number of unbranched alkanes of at least 4 members (excludes halogenated alkanes) is 1. The van der Waals surface area contributed by atoms with Crippen LogP contribution in [0.4, 0.5) is 0 Å². The molecule has 29 nitrogen and oxygen atoms in total. The van der Waals surface area contributed by atoms with Gasteiger partial charge in [-0.3, -0.25) is 53.3 Å². The number of carbonyl (C=O) groups is 9. The smallest absolute Gasteiger partial charge is 0.326 e. The lowest BCUT2D eigenvalue weighted by Crippen LogP contribution is -2.58. The predicted molar refractivity (Wildman–Crippen MR) is 278 cm³/mol. The molecule has 1 saturated heterocycles. The fourth-order valence-corrected chi connectivity index (χ4v) is 7.74. The standard InChI is InChI=1S/C45H85N19O10/c1-25(2)21-31(39(70)61-29(13-8-18-55-44(50)51)38(69)63-32(42(73)74)22-26(3)4)60-35(66)24-58-37(68)28(12-7-17-54-43(48)49)62-40(71)33-15-10-20-64(33)41(72)30(14-9-19-56-45(52)53)59-34(65)23-57-36(67)27(47)11-5-6-16-46/h25-33H,5-24,46-47H2,1-4H3,(H,57,67)(H,58,68)(H,59,65)(H,60,66)(H,61,70)(H,62,71)(H,63,69)(H,73,74)(H4,48,49,54)(H4,50,51,55)(H4,52,53,56)/t27-,28-,29-,30-,31-,32-,33-/m0/s1. The Morgan fingerprint density at radius 2 is 1.00 bits per heavy atom. The van der Waals surface area contributed by atoms with E-state index >= 15 is 0 Å². The number of nitrogens with zero attached hydrogens (tertiary/aromatic N) is 4. The molecule has 0 radical (unpaired) electrons. The molecular weight excluding hydrogens is 967 g/mol. The van der Waals surface area contributed by atoms with Crippen molar-refractivity contribution in [3.63, 3.8) is 0 Å². The highest BCUT2D eigenvalue weighted by Crippen LogP contribution is 2.21. The van der Waals surface area contributed by atoms with E-state index in [1.165, 1.54) is 4.90 Å². The Morgan fingerprint density at radius 1 is 0.554 bits per heavy atom. The van der Waals surface area contributed by atoms with E-state index in [9.17, 15) is 48.3 Å². The van der Waals surface area contributed by atoms with Gasteiger partial charge in [0.15, 0.2) is 17.9 Å². The lowest BCUT2D eigenvalue weighted by Gasteiger charge is -2.30. The summed E-state index contributed by atoms with van der Waals surface area (Å²) in [5, 5.41) is 27.7. The number of amides is 8. The van der Waals surface area contributed by atoms with Crippen molar-refractivity contribution in [2.75, 3.05) is 45.8 Å². The van der Waals surface area contributed by atoms with Crippen LogP contribution in [0.1, 0.15) is 111 Å². The van der Waals surface area contributed by atoms with Crippen LogP contribution in [0.5, 0.6) is 0 Å². The molecule has 0 aromatic rings. The Hall–Kier alpha value is -7.04. The first-order valence-electron chi connectivity index (χ1n) is 25.1. The average molecular weight is 1050 g/mol. The van der Waals surface area contributed by atoms with Crippen molar-refractivity contribution in [1.82, 2.24) is 42.1 Å². The quantitative estimate of drug-likeness (QED) is 0.0158. The average Bonchev–Trinajstić information content (AvgIpc) is 3.82. The van der Waals surface area contributed by atoms with Crippen molar-refractivity contribution in [3.05, 3.63) is 0 Å². The Morgan fingerprint density at radius 3 is 1.49 bits per heavy atom. The van der Waals surface area contributed by atoms with Gasteiger partial charge in [0.2, 0.25) is 47.3 Å². The van der Waals surface area contributed by atoms with Gasteiger partial charge in [0.05, 0.1) is 19.1 Å². The maximum Gasteiger partial charge on any atom is 0.326 e. The molecule has 1 rings (SSSR count). The molecule has 0 saturated carbocycles. The van der Waals surface area contributed by atoms with Crippen molar-refractivity contribution in [2.45, 2.75) is 153 Å². The Kier molecular flexibility index (Phi) is 30.9. The van der Waals surface area contributed by atoms with Gasteiger partial charge >= 0.3 is 5.97 Å². The zero-order valence-corrected chi connectivity index (χ0v) is 43.4. The molecule has 1 fully saturated rings. The molecule has 0 bridgehead atoms. The number of nitrogens with two attached hydrogens (primary N) is 8. The van der Waals surface area contributed by atoms with E-state index in [0.29, 0.717) is 32.2 Å². The topological polar surface area (TPSA) is 507 Å². The van der Waals surface area contributed by atoms with Crippen LogP contribution in [0, 0.1) is 11.8 Å². The minimum atomic E-state index is -1.28. The van der Waals surface area contributed by atoms with Gasteiger partial charge in [-0.2, -0.15) is 0 Å². The lowest BCUT2D eigenvalue weighted by molar-refractivity contribution is -0.143. The first-order valence-corrected chi connectivity index (χ1v) is 25.1. The van der Waals surface area contributed by atoms with Crippen LogP contribution in [-0.4, -0.2) is 169 Å². The van der Waals surface area contributed by atoms with Crippen LogP contribution in [0.15, 0.2) is 15.0 Å². The number of hydrogen-bond acceptors (Lipinski definition) is 14. The van der Waals surface area contributed by atoms with Crippen LogP contribution >= 0.6 is 0 Å². The SMILES string of the molecule is CC(C)C[C@H](NC(=O)[C@H](CCCN=C(N)N)NC(=O)[C@H](CC(C)C)NC(=O)CNC(=O)[C@H](CCCN=C(N)N)NC(=O)[C@@H]1CCCN1C(=O)[C@H](CCCN=C(N)N)NC(=O)CNC(=O)[C@@H](N)CCCCN)C(=O)O. The minimum absolute atomic E-state index is 0.00923. The number of aliphatic carboxylic acids is 1. The molecule has 1 heterocycles. The third-order valence-corrected chi connectivity index (χ3v) is 11.4. The summed E-state index contributed by atoms with van der Waals surface area (Å²) in [6, 6.07) is -8.10. The molecule has 1 aliphatic heterocycles. The molecule has 7 atom stereocenters. The van der Waals surface area contributed by atoms with Crippen molar-refractivity contribution >= 4 is 71.1 Å². The fraction of sp³-hybridized carbons (Fsp3) is 0.733. The van der Waals surface area contributed by atoms with Crippen LogP contribution < -0.4 is 83.1 Å². The summed E-state index contributed by atoms with van der Waals surface area (Å²) in [4.78, 5) is 133. The highest BCUT2D eigenvalue weighted by Gasteiger charge is 2.39. The van der Waals surface area contributed by atoms with Crippen LogP contribution in [0.25, 0.3) is 0 Å². The Bertz CT molecular complexity index is 1940. The molecule has 0 aromatic heterocycles. The van der Waals surface area contributed by atoms with Gasteiger partial charge in [0.25, 0.3) is 0 Å². The second kappa shape index (κ2) is 35.2. The molecule has 0 unspecified atom stereocenters. The third-order valence-electron chi connectivity index (χ3n) is 11.4. The van der Waals surface area contributed by atoms with Gasteiger partial charge in [0.1, 0.15) is 36.3 Å². The van der Waals surface area contributed by atoms with Crippen LogP contribution in [0.2, 0.25) is 0 Å². The first kappa shape index (κ1) is 65.0. The highest BCUT2D eigenvalue weighted by atomic mass is 16.4. The molecule has 29 heteroatoms. The lowest BCUT2D eigenvalue weighted by atomic mass is 10.0. The molecule has 8 amide bonds. The van der Waals surface area contributed by atoms with E-state index in [4.69, 9.17) is 45.9 Å². The monoisotopic (exact) mass is 1050 g/mol. The maximum atomic E-state index is 14.2. The number of nitrogens with one attached hydrogen (secondary N) is 7. The van der Waals surface area contributed by atoms with Crippen LogP contribution in [-0.2, 0) is 43.2 Å². The van der Waals surface area contributed by atoms with Crippen molar-refractivity contribution < 1.29 is 48.3 Å². The largest absolute Gasteiger partial charge is 0.480 e. The predicted octanol–water partition coefficient (Wildman–Crippen LogP) is -5.57. The molecular formula is C45H85N19O10. The van der Waals surface area contributed by atoms with Gasteiger partial charge in [-0.05, 0) is 95.4 Å². The van der Waals surface area contributed by atoms with E-state index in [1.807, 2.05) is 0 Å².